The van der Waals surface area contributed by atoms with Crippen LogP contribution in [-0.4, -0.2) is 31.9 Å². The van der Waals surface area contributed by atoms with E-state index in [1.807, 2.05) is 42.5 Å². The molecule has 0 saturated heterocycles. The van der Waals surface area contributed by atoms with Gasteiger partial charge in [-0.25, -0.2) is 4.68 Å². The van der Waals surface area contributed by atoms with Gasteiger partial charge in [0.25, 0.3) is 5.91 Å². The van der Waals surface area contributed by atoms with Gasteiger partial charge in [0.05, 0.1) is 18.2 Å². The highest BCUT2D eigenvalue weighted by Gasteiger charge is 2.22. The Bertz CT molecular complexity index is 1290. The first-order chi connectivity index (χ1) is 15.9. The van der Waals surface area contributed by atoms with Crippen LogP contribution in [0.1, 0.15) is 28.5 Å². The lowest BCUT2D eigenvalue weighted by molar-refractivity contribution is -0.137. The van der Waals surface area contributed by atoms with Gasteiger partial charge in [-0.1, -0.05) is 72.3 Å². The molecule has 0 bridgehead atoms. The Morgan fingerprint density at radius 2 is 1.64 bits per heavy atom. The molecule has 0 aliphatic heterocycles. The second kappa shape index (κ2) is 9.58. The zero-order chi connectivity index (χ0) is 23.4. The van der Waals surface area contributed by atoms with Gasteiger partial charge in [0.1, 0.15) is 0 Å². The lowest BCUT2D eigenvalue weighted by Gasteiger charge is -2.17. The van der Waals surface area contributed by atoms with Gasteiger partial charge in [0, 0.05) is 11.1 Å². The number of hydrogen-bond donors (Lipinski definition) is 3. The molecule has 3 N–H and O–H groups in total. The molecule has 3 aromatic carbocycles. The van der Waals surface area contributed by atoms with Gasteiger partial charge in [-0.05, 0) is 34.9 Å². The smallest absolute Gasteiger partial charge is 0.305 e. The molecule has 0 fully saturated rings. The van der Waals surface area contributed by atoms with Crippen LogP contribution in [0.3, 0.4) is 0 Å². The fraction of sp³-hybridized carbons (Fsp3) is 0.0800. The number of carbonyl (C=O) groups is 2. The van der Waals surface area contributed by atoms with Gasteiger partial charge in [-0.15, -0.1) is 0 Å². The summed E-state index contributed by atoms with van der Waals surface area (Å²) in [4.78, 5) is 24.3. The number of aliphatic carboxylic acids is 1. The maximum absolute atomic E-state index is 12.8. The van der Waals surface area contributed by atoms with Gasteiger partial charge in [-0.3, -0.25) is 9.59 Å². The van der Waals surface area contributed by atoms with Crippen molar-refractivity contribution in [3.8, 4) is 22.7 Å². The van der Waals surface area contributed by atoms with E-state index in [9.17, 15) is 19.8 Å². The predicted octanol–water partition coefficient (Wildman–Crippen LogP) is 4.84. The molecule has 0 aliphatic carbocycles. The molecule has 4 aromatic rings. The first-order valence-electron chi connectivity index (χ1n) is 10.1. The molecule has 0 radical (unpaired) electrons. The van der Waals surface area contributed by atoms with E-state index >= 15 is 0 Å². The maximum Gasteiger partial charge on any atom is 0.305 e. The van der Waals surface area contributed by atoms with Gasteiger partial charge in [0.2, 0.25) is 5.88 Å². The third kappa shape index (κ3) is 5.22. The second-order valence-corrected chi connectivity index (χ2v) is 7.83. The number of hydrogen-bond acceptors (Lipinski definition) is 4. The lowest BCUT2D eigenvalue weighted by atomic mass is 9.99. The van der Waals surface area contributed by atoms with E-state index in [1.54, 1.807) is 36.4 Å². The van der Waals surface area contributed by atoms with Crippen LogP contribution in [0.25, 0.3) is 16.8 Å². The highest BCUT2D eigenvalue weighted by atomic mass is 35.5. The molecule has 1 unspecified atom stereocenters. The number of benzene rings is 3. The number of carboxylic acids is 1. The fourth-order valence-electron chi connectivity index (χ4n) is 3.48. The summed E-state index contributed by atoms with van der Waals surface area (Å²) in [6.45, 7) is 0. The van der Waals surface area contributed by atoms with Crippen LogP contribution in [0, 0.1) is 0 Å². The van der Waals surface area contributed by atoms with Crippen LogP contribution in [0.15, 0.2) is 84.9 Å². The molecule has 0 saturated carbocycles. The molecular formula is C25H20ClN3O4. The largest absolute Gasteiger partial charge is 0.493 e. The number of nitrogens with one attached hydrogen (secondary N) is 1. The highest BCUT2D eigenvalue weighted by Crippen LogP contribution is 2.25. The normalized spacial score (nSPS) is 11.7. The molecule has 166 valence electrons. The number of amides is 1. The van der Waals surface area contributed by atoms with Crippen molar-refractivity contribution in [2.75, 3.05) is 0 Å². The number of carboxylic acid groups (broad SMARTS) is 1. The first-order valence-corrected chi connectivity index (χ1v) is 10.5. The molecular weight excluding hydrogens is 442 g/mol. The average Bonchev–Trinajstić information content (AvgIpc) is 3.21. The summed E-state index contributed by atoms with van der Waals surface area (Å²) < 4.78 is 1.18. The van der Waals surface area contributed by atoms with Crippen molar-refractivity contribution in [2.45, 2.75) is 12.5 Å². The minimum Gasteiger partial charge on any atom is -0.493 e. The van der Waals surface area contributed by atoms with Crippen molar-refractivity contribution < 1.29 is 19.8 Å². The second-order valence-electron chi connectivity index (χ2n) is 7.39. The minimum absolute atomic E-state index is 0.0521. The molecule has 1 heterocycles. The molecule has 7 nitrogen and oxygen atoms in total. The number of rotatable bonds is 7. The average molecular weight is 462 g/mol. The molecule has 8 heteroatoms. The van der Waals surface area contributed by atoms with E-state index in [1.165, 1.54) is 10.7 Å². The van der Waals surface area contributed by atoms with E-state index in [-0.39, 0.29) is 18.0 Å². The Morgan fingerprint density at radius 1 is 0.939 bits per heavy atom. The van der Waals surface area contributed by atoms with Gasteiger partial charge >= 0.3 is 5.97 Å². The van der Waals surface area contributed by atoms with Crippen LogP contribution in [0.2, 0.25) is 5.02 Å². The Kier molecular flexibility index (Phi) is 6.42. The Balaban J connectivity index is 1.56. The Hall–Kier alpha value is -4.10. The monoisotopic (exact) mass is 461 g/mol. The molecule has 1 aromatic heterocycles. The van der Waals surface area contributed by atoms with Gasteiger partial charge < -0.3 is 15.5 Å². The molecule has 4 rings (SSSR count). The van der Waals surface area contributed by atoms with Crippen molar-refractivity contribution in [3.63, 3.8) is 0 Å². The first kappa shape index (κ1) is 22.1. The highest BCUT2D eigenvalue weighted by molar-refractivity contribution is 6.30. The number of aromatic hydroxyl groups is 1. The summed E-state index contributed by atoms with van der Waals surface area (Å²) >= 11 is 5.99. The van der Waals surface area contributed by atoms with Crippen LogP contribution in [-0.2, 0) is 4.79 Å². The Morgan fingerprint density at radius 3 is 2.30 bits per heavy atom. The molecule has 1 atom stereocenters. The van der Waals surface area contributed by atoms with E-state index in [0.29, 0.717) is 16.3 Å². The SMILES string of the molecule is O=C(O)CC(NC(=O)c1cc(O)n(-c2cccc(Cl)c2)n1)c1ccc(-c2ccccc2)cc1. The lowest BCUT2D eigenvalue weighted by Crippen LogP contribution is -2.30. The zero-order valence-electron chi connectivity index (χ0n) is 17.4. The fourth-order valence-corrected chi connectivity index (χ4v) is 3.66. The maximum atomic E-state index is 12.8. The summed E-state index contributed by atoms with van der Waals surface area (Å²) in [7, 11) is 0. The van der Waals surface area contributed by atoms with Crippen LogP contribution < -0.4 is 5.32 Å². The van der Waals surface area contributed by atoms with Crippen molar-refractivity contribution >= 4 is 23.5 Å². The van der Waals surface area contributed by atoms with Gasteiger partial charge in [-0.2, -0.15) is 5.10 Å². The standard InChI is InChI=1S/C25H20ClN3O4/c26-19-7-4-8-20(13-19)29-23(30)14-22(28-29)25(33)27-21(15-24(31)32)18-11-9-17(10-12-18)16-5-2-1-3-6-16/h1-14,21,30H,15H2,(H,27,33)(H,31,32). The predicted molar refractivity (Wildman–Crippen MR) is 125 cm³/mol. The molecule has 1 amide bonds. The van der Waals surface area contributed by atoms with Crippen LogP contribution in [0.5, 0.6) is 5.88 Å². The summed E-state index contributed by atoms with van der Waals surface area (Å²) in [6, 6.07) is 24.2. The van der Waals surface area contributed by atoms with Crippen molar-refractivity contribution in [1.29, 1.82) is 0 Å². The molecule has 0 aliphatic rings. The quantitative estimate of drug-likeness (QED) is 0.365. The van der Waals surface area contributed by atoms with Crippen molar-refractivity contribution in [2.24, 2.45) is 0 Å². The number of halogens is 1. The number of nitrogens with zero attached hydrogens (tertiary/aromatic N) is 2. The van der Waals surface area contributed by atoms with Crippen molar-refractivity contribution in [1.82, 2.24) is 15.1 Å². The van der Waals surface area contributed by atoms with E-state index < -0.39 is 17.9 Å². The zero-order valence-corrected chi connectivity index (χ0v) is 18.1. The van der Waals surface area contributed by atoms with E-state index in [0.717, 1.165) is 11.1 Å². The van der Waals surface area contributed by atoms with Gasteiger partial charge in [0.15, 0.2) is 5.69 Å². The molecule has 33 heavy (non-hydrogen) atoms. The van der Waals surface area contributed by atoms with E-state index in [2.05, 4.69) is 10.4 Å². The van der Waals surface area contributed by atoms with E-state index in [4.69, 9.17) is 11.6 Å². The van der Waals surface area contributed by atoms with Crippen molar-refractivity contribution in [3.05, 3.63) is 101 Å². The van der Waals surface area contributed by atoms with Crippen LogP contribution >= 0.6 is 11.6 Å². The number of aromatic nitrogens is 2. The summed E-state index contributed by atoms with van der Waals surface area (Å²) in [5.74, 6) is -1.91. The third-order valence-electron chi connectivity index (χ3n) is 5.08. The number of carbonyl (C=O) groups excluding carboxylic acids is 1. The molecule has 0 spiro atoms. The summed E-state index contributed by atoms with van der Waals surface area (Å²) in [5.41, 5.74) is 3.08. The topological polar surface area (TPSA) is 104 Å². The summed E-state index contributed by atoms with van der Waals surface area (Å²) in [6.07, 6.45) is -0.308. The third-order valence-corrected chi connectivity index (χ3v) is 5.32. The Labute approximate surface area is 194 Å². The minimum atomic E-state index is -1.06. The van der Waals surface area contributed by atoms with Crippen LogP contribution in [0.4, 0.5) is 0 Å². The summed E-state index contributed by atoms with van der Waals surface area (Å²) in [5, 5.41) is 26.9.